The summed E-state index contributed by atoms with van der Waals surface area (Å²) in [4.78, 5) is 16.1. The zero-order valence-corrected chi connectivity index (χ0v) is 13.5. The van der Waals surface area contributed by atoms with Crippen molar-refractivity contribution < 1.29 is 24.2 Å². The van der Waals surface area contributed by atoms with Crippen LogP contribution in [0.1, 0.15) is 19.4 Å². The molecule has 1 aliphatic rings. The maximum atomic E-state index is 11.0. The van der Waals surface area contributed by atoms with Crippen LogP contribution in [0.15, 0.2) is 17.3 Å². The summed E-state index contributed by atoms with van der Waals surface area (Å²) in [6.45, 7) is 4.03. The Morgan fingerprint density at radius 1 is 1.50 bits per heavy atom. The lowest BCUT2D eigenvalue weighted by Gasteiger charge is -2.17. The molecule has 1 aromatic carbocycles. The largest absolute Gasteiger partial charge is 0.479 e. The molecule has 1 aliphatic heterocycles. The number of hydrogen-bond acceptors (Lipinski definition) is 5. The molecule has 1 heterocycles. The van der Waals surface area contributed by atoms with E-state index in [1.807, 2.05) is 6.92 Å². The number of hydrogen-bond donors (Lipinski definition) is 1. The fourth-order valence-electron chi connectivity index (χ4n) is 1.93. The third-order valence-electron chi connectivity index (χ3n) is 3.01. The van der Waals surface area contributed by atoms with E-state index in [0.717, 1.165) is 0 Å². The average molecular weight is 348 g/mol. The fraction of sp³-hybridized carbons (Fsp3) is 0.429. The van der Waals surface area contributed by atoms with Gasteiger partial charge in [0.2, 0.25) is 0 Å². The van der Waals surface area contributed by atoms with Gasteiger partial charge in [0.15, 0.2) is 6.10 Å². The van der Waals surface area contributed by atoms with Gasteiger partial charge < -0.3 is 19.4 Å². The van der Waals surface area contributed by atoms with E-state index in [-0.39, 0.29) is 23.5 Å². The lowest BCUT2D eigenvalue weighted by molar-refractivity contribution is -0.144. The number of oxime groups is 1. The predicted octanol–water partition coefficient (Wildman–Crippen LogP) is 2.98. The molecule has 120 valence electrons. The molecule has 22 heavy (non-hydrogen) atoms. The van der Waals surface area contributed by atoms with Gasteiger partial charge >= 0.3 is 5.97 Å². The monoisotopic (exact) mass is 347 g/mol. The van der Waals surface area contributed by atoms with Gasteiger partial charge in [-0.05, 0) is 19.9 Å². The minimum absolute atomic E-state index is 0.255. The van der Waals surface area contributed by atoms with Crippen molar-refractivity contribution in [2.75, 3.05) is 13.2 Å². The minimum Gasteiger partial charge on any atom is -0.479 e. The number of aliphatic carboxylic acids is 1. The molecule has 0 fully saturated rings. The first kappa shape index (κ1) is 16.9. The molecule has 1 aromatic rings. The Morgan fingerprint density at radius 2 is 2.18 bits per heavy atom. The molecular weight excluding hydrogens is 333 g/mol. The first-order valence-electron chi connectivity index (χ1n) is 6.64. The van der Waals surface area contributed by atoms with Gasteiger partial charge in [-0.15, -0.1) is 0 Å². The van der Waals surface area contributed by atoms with E-state index in [9.17, 15) is 4.79 Å². The van der Waals surface area contributed by atoms with Gasteiger partial charge in [-0.3, -0.25) is 0 Å². The summed E-state index contributed by atoms with van der Waals surface area (Å²) in [5.41, 5.74) is 0.992. The van der Waals surface area contributed by atoms with Gasteiger partial charge in [0.1, 0.15) is 24.2 Å². The molecule has 8 heteroatoms. The summed E-state index contributed by atoms with van der Waals surface area (Å²) in [7, 11) is 0. The summed E-state index contributed by atoms with van der Waals surface area (Å²) >= 11 is 12.0. The number of ether oxygens (including phenoxy) is 2. The second-order valence-corrected chi connectivity index (χ2v) is 5.39. The maximum absolute atomic E-state index is 11.0. The Kier molecular flexibility index (Phi) is 5.50. The van der Waals surface area contributed by atoms with E-state index in [1.54, 1.807) is 6.07 Å². The highest BCUT2D eigenvalue weighted by Crippen LogP contribution is 2.33. The lowest BCUT2D eigenvalue weighted by atomic mass is 10.0. The fourth-order valence-corrected chi connectivity index (χ4v) is 2.25. The van der Waals surface area contributed by atoms with Gasteiger partial charge in [0, 0.05) is 18.2 Å². The van der Waals surface area contributed by atoms with Crippen molar-refractivity contribution in [2.45, 2.75) is 26.1 Å². The van der Waals surface area contributed by atoms with E-state index in [2.05, 4.69) is 5.16 Å². The van der Waals surface area contributed by atoms with Crippen LogP contribution in [0.4, 0.5) is 0 Å². The molecule has 2 rings (SSSR count). The second-order valence-electron chi connectivity index (χ2n) is 4.58. The topological polar surface area (TPSA) is 77.3 Å². The van der Waals surface area contributed by atoms with Crippen molar-refractivity contribution in [3.8, 4) is 5.75 Å². The summed E-state index contributed by atoms with van der Waals surface area (Å²) in [6.07, 6.45) is -1.42. The van der Waals surface area contributed by atoms with Crippen molar-refractivity contribution >= 4 is 34.9 Å². The highest BCUT2D eigenvalue weighted by molar-refractivity contribution is 6.42. The summed E-state index contributed by atoms with van der Waals surface area (Å²) < 4.78 is 11.0. The number of carboxylic acid groups (broad SMARTS) is 1. The minimum atomic E-state index is -1.09. The zero-order chi connectivity index (χ0) is 16.3. The third-order valence-corrected chi connectivity index (χ3v) is 3.73. The predicted molar refractivity (Wildman–Crippen MR) is 82.1 cm³/mol. The highest BCUT2D eigenvalue weighted by Gasteiger charge is 2.29. The van der Waals surface area contributed by atoms with Crippen LogP contribution in [0.3, 0.4) is 0 Å². The molecule has 1 N–H and O–H groups in total. The van der Waals surface area contributed by atoms with Crippen LogP contribution < -0.4 is 4.74 Å². The van der Waals surface area contributed by atoms with E-state index in [1.165, 1.54) is 13.0 Å². The highest BCUT2D eigenvalue weighted by atomic mass is 35.5. The SMILES string of the molecule is CCOC1CON=C1c1cc(Cl)c(Cl)cc1OC(C)C(=O)O. The number of carboxylic acids is 1. The number of benzene rings is 1. The van der Waals surface area contributed by atoms with E-state index < -0.39 is 12.1 Å². The van der Waals surface area contributed by atoms with E-state index >= 15 is 0 Å². The standard InChI is InChI=1S/C14H15Cl2NO5/c1-3-20-12-6-21-17-13(12)8-4-9(15)10(16)5-11(8)22-7(2)14(18)19/h4-5,7,12H,3,6H2,1-2H3,(H,18,19). The van der Waals surface area contributed by atoms with Gasteiger partial charge in [0.05, 0.1) is 10.0 Å². The third kappa shape index (κ3) is 3.63. The Labute approximate surface area is 137 Å². The Balaban J connectivity index is 2.41. The number of rotatable bonds is 6. The van der Waals surface area contributed by atoms with Crippen LogP contribution in [0.25, 0.3) is 0 Å². The Bertz CT molecular complexity index is 605. The first-order valence-corrected chi connectivity index (χ1v) is 7.40. The maximum Gasteiger partial charge on any atom is 0.344 e. The average Bonchev–Trinajstić information content (AvgIpc) is 2.91. The van der Waals surface area contributed by atoms with Crippen molar-refractivity contribution in [1.29, 1.82) is 0 Å². The van der Waals surface area contributed by atoms with Crippen LogP contribution >= 0.6 is 23.2 Å². The quantitative estimate of drug-likeness (QED) is 0.855. The van der Waals surface area contributed by atoms with Gasteiger partial charge in [-0.2, -0.15) is 0 Å². The van der Waals surface area contributed by atoms with Crippen LogP contribution in [-0.2, 0) is 14.4 Å². The van der Waals surface area contributed by atoms with E-state index in [0.29, 0.717) is 22.9 Å². The normalized spacial score (nSPS) is 18.5. The molecule has 0 amide bonds. The Morgan fingerprint density at radius 3 is 2.82 bits per heavy atom. The van der Waals surface area contributed by atoms with Crippen LogP contribution in [0.2, 0.25) is 10.0 Å². The summed E-state index contributed by atoms with van der Waals surface area (Å²) in [5.74, 6) is -0.832. The van der Waals surface area contributed by atoms with Crippen LogP contribution in [0, 0.1) is 0 Å². The van der Waals surface area contributed by atoms with Crippen molar-refractivity contribution in [2.24, 2.45) is 5.16 Å². The number of carbonyl (C=O) groups is 1. The van der Waals surface area contributed by atoms with Gasteiger partial charge in [-0.1, -0.05) is 28.4 Å². The van der Waals surface area contributed by atoms with Crippen molar-refractivity contribution in [3.05, 3.63) is 27.7 Å². The molecule has 0 bridgehead atoms. The first-order chi connectivity index (χ1) is 10.4. The van der Waals surface area contributed by atoms with Gasteiger partial charge in [0.25, 0.3) is 0 Å². The second kappa shape index (κ2) is 7.17. The summed E-state index contributed by atoms with van der Waals surface area (Å²) in [6, 6.07) is 3.02. The van der Waals surface area contributed by atoms with Crippen LogP contribution in [0.5, 0.6) is 5.75 Å². The lowest BCUT2D eigenvalue weighted by Crippen LogP contribution is -2.27. The molecule has 0 spiro atoms. The van der Waals surface area contributed by atoms with Crippen molar-refractivity contribution in [1.82, 2.24) is 0 Å². The molecule has 0 saturated carbocycles. The molecule has 2 unspecified atom stereocenters. The van der Waals surface area contributed by atoms with Crippen molar-refractivity contribution in [3.63, 3.8) is 0 Å². The van der Waals surface area contributed by atoms with Gasteiger partial charge in [-0.25, -0.2) is 4.79 Å². The molecule has 0 aliphatic carbocycles. The molecule has 2 atom stereocenters. The number of halogens is 2. The molecule has 0 radical (unpaired) electrons. The number of nitrogens with zero attached hydrogens (tertiary/aromatic N) is 1. The molecular formula is C14H15Cl2NO5. The molecule has 6 nitrogen and oxygen atoms in total. The molecule has 0 saturated heterocycles. The Hall–Kier alpha value is -1.50. The smallest absolute Gasteiger partial charge is 0.344 e. The zero-order valence-electron chi connectivity index (χ0n) is 12.0. The summed E-state index contributed by atoms with van der Waals surface area (Å²) in [5, 5.41) is 13.5. The van der Waals surface area contributed by atoms with Crippen LogP contribution in [-0.4, -0.2) is 42.2 Å². The van der Waals surface area contributed by atoms with E-state index in [4.69, 9.17) is 42.6 Å². The molecule has 0 aromatic heterocycles.